The largest absolute Gasteiger partial charge is 0.497 e. The van der Waals surface area contributed by atoms with Crippen molar-refractivity contribution in [3.63, 3.8) is 0 Å². The number of piperidine rings is 1. The molecule has 1 N–H and O–H groups in total. The first-order valence-electron chi connectivity index (χ1n) is 9.48. The predicted molar refractivity (Wildman–Crippen MR) is 109 cm³/mol. The third kappa shape index (κ3) is 4.54. The summed E-state index contributed by atoms with van der Waals surface area (Å²) >= 11 is 0. The zero-order chi connectivity index (χ0) is 20.1. The fourth-order valence-corrected chi connectivity index (χ4v) is 4.86. The number of hydrogen-bond donors (Lipinski definition) is 1. The molecule has 2 aromatic rings. The van der Waals surface area contributed by atoms with Gasteiger partial charge in [-0.2, -0.15) is 4.31 Å². The van der Waals surface area contributed by atoms with Gasteiger partial charge in [0.1, 0.15) is 5.75 Å². The van der Waals surface area contributed by atoms with E-state index in [4.69, 9.17) is 4.74 Å². The molecule has 3 rings (SSSR count). The number of amides is 1. The van der Waals surface area contributed by atoms with Gasteiger partial charge in [-0.15, -0.1) is 0 Å². The van der Waals surface area contributed by atoms with Crippen LogP contribution in [0.5, 0.6) is 5.75 Å². The van der Waals surface area contributed by atoms with E-state index in [0.29, 0.717) is 25.1 Å². The maximum Gasteiger partial charge on any atom is 0.243 e. The molecule has 1 heterocycles. The lowest BCUT2D eigenvalue weighted by Crippen LogP contribution is -2.43. The third-order valence-electron chi connectivity index (χ3n) is 5.08. The van der Waals surface area contributed by atoms with Crippen molar-refractivity contribution in [3.8, 4) is 5.75 Å². The summed E-state index contributed by atoms with van der Waals surface area (Å²) in [5.74, 6) is 0.0930. The van der Waals surface area contributed by atoms with E-state index in [-0.39, 0.29) is 23.3 Å². The van der Waals surface area contributed by atoms with E-state index in [2.05, 4.69) is 12.2 Å². The van der Waals surface area contributed by atoms with Crippen LogP contribution in [-0.2, 0) is 21.2 Å². The van der Waals surface area contributed by atoms with Crippen LogP contribution < -0.4 is 10.1 Å². The van der Waals surface area contributed by atoms with Crippen molar-refractivity contribution in [1.29, 1.82) is 0 Å². The average Bonchev–Trinajstić information content (AvgIpc) is 2.74. The molecule has 0 aromatic heterocycles. The van der Waals surface area contributed by atoms with Crippen LogP contribution in [0.3, 0.4) is 0 Å². The first-order valence-corrected chi connectivity index (χ1v) is 10.9. The van der Waals surface area contributed by atoms with Crippen LogP contribution in [0.15, 0.2) is 53.4 Å². The number of ether oxygens (including phenoxy) is 1. The fourth-order valence-electron chi connectivity index (χ4n) is 3.34. The Labute approximate surface area is 166 Å². The summed E-state index contributed by atoms with van der Waals surface area (Å²) in [5.41, 5.74) is 1.93. The first kappa shape index (κ1) is 20.4. The van der Waals surface area contributed by atoms with Crippen LogP contribution in [0.25, 0.3) is 0 Å². The normalized spacial score (nSPS) is 17.9. The van der Waals surface area contributed by atoms with Crippen LogP contribution in [0.4, 0.5) is 5.69 Å². The Morgan fingerprint density at radius 2 is 1.82 bits per heavy atom. The van der Waals surface area contributed by atoms with Crippen LogP contribution in [0.1, 0.15) is 25.3 Å². The zero-order valence-electron chi connectivity index (χ0n) is 16.2. The minimum Gasteiger partial charge on any atom is -0.497 e. The maximum atomic E-state index is 12.9. The lowest BCUT2D eigenvalue weighted by atomic mass is 9.98. The molecule has 1 aliphatic heterocycles. The van der Waals surface area contributed by atoms with Gasteiger partial charge in [0.05, 0.1) is 17.9 Å². The second-order valence-corrected chi connectivity index (χ2v) is 8.86. The van der Waals surface area contributed by atoms with Crippen molar-refractivity contribution in [2.45, 2.75) is 31.1 Å². The van der Waals surface area contributed by atoms with Crippen molar-refractivity contribution < 1.29 is 17.9 Å². The average molecular weight is 403 g/mol. The Hall–Kier alpha value is -2.38. The number of carbonyl (C=O) groups is 1. The van der Waals surface area contributed by atoms with Gasteiger partial charge in [0, 0.05) is 18.8 Å². The maximum absolute atomic E-state index is 12.9. The third-order valence-corrected chi connectivity index (χ3v) is 6.96. The summed E-state index contributed by atoms with van der Waals surface area (Å²) < 4.78 is 32.4. The minimum atomic E-state index is -3.64. The number of carbonyl (C=O) groups excluding carboxylic acids is 1. The molecule has 28 heavy (non-hydrogen) atoms. The van der Waals surface area contributed by atoms with Gasteiger partial charge in [-0.05, 0) is 61.2 Å². The van der Waals surface area contributed by atoms with Gasteiger partial charge in [-0.1, -0.05) is 19.1 Å². The molecule has 1 fully saturated rings. The monoisotopic (exact) mass is 402 g/mol. The summed E-state index contributed by atoms with van der Waals surface area (Å²) in [6.07, 6.45) is 2.27. The van der Waals surface area contributed by atoms with Gasteiger partial charge >= 0.3 is 0 Å². The number of methoxy groups -OCH3 is 1. The molecule has 0 saturated carbocycles. The van der Waals surface area contributed by atoms with Crippen molar-refractivity contribution >= 4 is 21.6 Å². The van der Waals surface area contributed by atoms with Crippen molar-refractivity contribution in [1.82, 2.24) is 4.31 Å². The molecule has 1 atom stereocenters. The van der Waals surface area contributed by atoms with Gasteiger partial charge < -0.3 is 10.1 Å². The number of aryl methyl sites for hydroxylation is 1. The van der Waals surface area contributed by atoms with Gasteiger partial charge in [0.25, 0.3) is 0 Å². The molecule has 150 valence electrons. The number of hydrogen-bond acceptors (Lipinski definition) is 4. The smallest absolute Gasteiger partial charge is 0.243 e. The number of sulfonamides is 1. The van der Waals surface area contributed by atoms with Gasteiger partial charge in [-0.25, -0.2) is 8.42 Å². The molecule has 1 saturated heterocycles. The molecule has 0 spiro atoms. The van der Waals surface area contributed by atoms with E-state index in [0.717, 1.165) is 12.1 Å². The Bertz CT molecular complexity index is 908. The van der Waals surface area contributed by atoms with Crippen molar-refractivity contribution in [2.75, 3.05) is 25.5 Å². The quantitative estimate of drug-likeness (QED) is 0.804. The molecular weight excluding hydrogens is 376 g/mol. The molecule has 0 bridgehead atoms. The van der Waals surface area contributed by atoms with Crippen LogP contribution in [-0.4, -0.2) is 38.8 Å². The molecule has 1 unspecified atom stereocenters. The lowest BCUT2D eigenvalue weighted by molar-refractivity contribution is -0.120. The topological polar surface area (TPSA) is 75.7 Å². The van der Waals surface area contributed by atoms with E-state index in [9.17, 15) is 13.2 Å². The molecule has 7 heteroatoms. The van der Waals surface area contributed by atoms with Gasteiger partial charge in [0.2, 0.25) is 15.9 Å². The standard InChI is InChI=1S/C21H26N2O4S/c1-3-16-6-8-18(9-7-16)22-21(24)17-5-4-14-23(15-17)28(25,26)20-12-10-19(27-2)11-13-20/h6-13,17H,3-5,14-15H2,1-2H3,(H,22,24). The second-order valence-electron chi connectivity index (χ2n) is 6.92. The van der Waals surface area contributed by atoms with Crippen LogP contribution in [0, 0.1) is 5.92 Å². The van der Waals surface area contributed by atoms with E-state index in [1.807, 2.05) is 24.3 Å². The predicted octanol–water partition coefficient (Wildman–Crippen LogP) is 3.30. The Kier molecular flexibility index (Phi) is 6.36. The van der Waals surface area contributed by atoms with Crippen molar-refractivity contribution in [2.24, 2.45) is 5.92 Å². The van der Waals surface area contributed by atoms with E-state index < -0.39 is 10.0 Å². The highest BCUT2D eigenvalue weighted by Gasteiger charge is 2.33. The fraction of sp³-hybridized carbons (Fsp3) is 0.381. The summed E-state index contributed by atoms with van der Waals surface area (Å²) in [5, 5.41) is 2.91. The SMILES string of the molecule is CCc1ccc(NC(=O)C2CCCN(S(=O)(=O)c3ccc(OC)cc3)C2)cc1. The summed E-state index contributed by atoms with van der Waals surface area (Å²) in [4.78, 5) is 12.9. The first-order chi connectivity index (χ1) is 13.4. The summed E-state index contributed by atoms with van der Waals surface area (Å²) in [6.45, 7) is 2.68. The number of benzene rings is 2. The zero-order valence-corrected chi connectivity index (χ0v) is 17.0. The van der Waals surface area contributed by atoms with Crippen LogP contribution >= 0.6 is 0 Å². The Balaban J connectivity index is 1.68. The number of rotatable bonds is 6. The van der Waals surface area contributed by atoms with E-state index in [1.54, 1.807) is 12.1 Å². The molecule has 6 nitrogen and oxygen atoms in total. The number of anilines is 1. The van der Waals surface area contributed by atoms with Crippen LogP contribution in [0.2, 0.25) is 0 Å². The van der Waals surface area contributed by atoms with E-state index >= 15 is 0 Å². The molecule has 1 amide bonds. The molecule has 2 aromatic carbocycles. The van der Waals surface area contributed by atoms with Gasteiger partial charge in [0.15, 0.2) is 0 Å². The van der Waals surface area contributed by atoms with Gasteiger partial charge in [-0.3, -0.25) is 4.79 Å². The molecule has 0 radical (unpaired) electrons. The molecular formula is C21H26N2O4S. The lowest BCUT2D eigenvalue weighted by Gasteiger charge is -2.31. The summed E-state index contributed by atoms with van der Waals surface area (Å²) in [6, 6.07) is 14.0. The second kappa shape index (κ2) is 8.75. The minimum absolute atomic E-state index is 0.140. The molecule has 1 aliphatic rings. The Morgan fingerprint density at radius 3 is 2.43 bits per heavy atom. The number of nitrogens with zero attached hydrogens (tertiary/aromatic N) is 1. The molecule has 0 aliphatic carbocycles. The Morgan fingerprint density at radius 1 is 1.14 bits per heavy atom. The van der Waals surface area contributed by atoms with E-state index in [1.165, 1.54) is 29.1 Å². The van der Waals surface area contributed by atoms with Crippen molar-refractivity contribution in [3.05, 3.63) is 54.1 Å². The number of nitrogens with one attached hydrogen (secondary N) is 1. The highest BCUT2D eigenvalue weighted by atomic mass is 32.2. The highest BCUT2D eigenvalue weighted by Crippen LogP contribution is 2.26. The highest BCUT2D eigenvalue weighted by molar-refractivity contribution is 7.89. The summed E-state index contributed by atoms with van der Waals surface area (Å²) in [7, 11) is -2.10.